The van der Waals surface area contributed by atoms with Crippen molar-refractivity contribution in [3.63, 3.8) is 0 Å². The maximum absolute atomic E-state index is 6.07. The second-order valence-corrected chi connectivity index (χ2v) is 9.30. The van der Waals surface area contributed by atoms with Crippen molar-refractivity contribution in [2.24, 2.45) is 0 Å². The summed E-state index contributed by atoms with van der Waals surface area (Å²) in [7, 11) is -1.50. The molecule has 0 aromatic heterocycles. The van der Waals surface area contributed by atoms with Gasteiger partial charge in [-0.05, 0) is 39.6 Å². The van der Waals surface area contributed by atoms with Gasteiger partial charge in [0.2, 0.25) is 0 Å². The van der Waals surface area contributed by atoms with Gasteiger partial charge in [-0.15, -0.1) is 0 Å². The monoisotopic (exact) mass is 238 g/mol. The maximum Gasteiger partial charge on any atom is 0.184 e. The first kappa shape index (κ1) is 13.3. The molecule has 1 unspecified atom stereocenters. The Kier molecular flexibility index (Phi) is 4.56. The van der Waals surface area contributed by atoms with Gasteiger partial charge in [-0.25, -0.2) is 0 Å². The highest BCUT2D eigenvalue weighted by Crippen LogP contribution is 2.29. The zero-order valence-corrected chi connectivity index (χ0v) is 11.9. The van der Waals surface area contributed by atoms with Crippen LogP contribution >= 0.6 is 0 Å². The zero-order chi connectivity index (χ0) is 12.2. The van der Waals surface area contributed by atoms with E-state index in [1.54, 1.807) is 0 Å². The lowest BCUT2D eigenvalue weighted by atomic mass is 10.1. The minimum absolute atomic E-state index is 0.106. The molecule has 0 N–H and O–H groups in total. The van der Waals surface area contributed by atoms with Gasteiger partial charge in [0.25, 0.3) is 0 Å². The third-order valence-corrected chi connectivity index (χ3v) is 3.25. The molecule has 0 heterocycles. The first-order valence-electron chi connectivity index (χ1n) is 5.83. The Balaban J connectivity index is 2.85. The SMILES string of the molecule is CCOc1ccccc1C(C)O[Si](C)(C)C. The van der Waals surface area contributed by atoms with E-state index in [4.69, 9.17) is 9.16 Å². The van der Waals surface area contributed by atoms with Gasteiger partial charge >= 0.3 is 0 Å². The normalized spacial score (nSPS) is 13.6. The predicted molar refractivity (Wildman–Crippen MR) is 70.5 cm³/mol. The molecular weight excluding hydrogens is 216 g/mol. The van der Waals surface area contributed by atoms with Crippen molar-refractivity contribution < 1.29 is 9.16 Å². The van der Waals surface area contributed by atoms with Crippen LogP contribution in [-0.4, -0.2) is 14.9 Å². The van der Waals surface area contributed by atoms with Gasteiger partial charge in [0.15, 0.2) is 8.32 Å². The molecule has 0 fully saturated rings. The fourth-order valence-electron chi connectivity index (χ4n) is 1.70. The van der Waals surface area contributed by atoms with Crippen LogP contribution in [0, 0.1) is 0 Å². The van der Waals surface area contributed by atoms with Crippen molar-refractivity contribution in [3.05, 3.63) is 29.8 Å². The van der Waals surface area contributed by atoms with Crippen molar-refractivity contribution in [2.45, 2.75) is 39.6 Å². The molecule has 0 bridgehead atoms. The molecule has 0 aliphatic heterocycles. The Bertz CT molecular complexity index is 331. The lowest BCUT2D eigenvalue weighted by Crippen LogP contribution is -2.27. The van der Waals surface area contributed by atoms with Crippen molar-refractivity contribution in [2.75, 3.05) is 6.61 Å². The van der Waals surface area contributed by atoms with Gasteiger partial charge in [-0.3, -0.25) is 0 Å². The van der Waals surface area contributed by atoms with E-state index < -0.39 is 8.32 Å². The highest BCUT2D eigenvalue weighted by Gasteiger charge is 2.21. The third-order valence-electron chi connectivity index (χ3n) is 2.19. The summed E-state index contributed by atoms with van der Waals surface area (Å²) in [6, 6.07) is 8.11. The van der Waals surface area contributed by atoms with Crippen LogP contribution in [0.5, 0.6) is 5.75 Å². The summed E-state index contributed by atoms with van der Waals surface area (Å²) in [5.41, 5.74) is 1.15. The summed E-state index contributed by atoms with van der Waals surface area (Å²) in [6.07, 6.45) is 0.106. The summed E-state index contributed by atoms with van der Waals surface area (Å²) < 4.78 is 11.7. The number of ether oxygens (including phenoxy) is 1. The number of hydrogen-bond donors (Lipinski definition) is 0. The molecule has 1 aromatic rings. The molecule has 1 atom stereocenters. The van der Waals surface area contributed by atoms with E-state index in [9.17, 15) is 0 Å². The van der Waals surface area contributed by atoms with E-state index in [0.29, 0.717) is 6.61 Å². The molecule has 16 heavy (non-hydrogen) atoms. The van der Waals surface area contributed by atoms with Crippen LogP contribution in [0.15, 0.2) is 24.3 Å². The molecule has 0 saturated heterocycles. The first-order chi connectivity index (χ1) is 7.44. The second-order valence-electron chi connectivity index (χ2n) is 4.84. The molecule has 0 radical (unpaired) electrons. The van der Waals surface area contributed by atoms with Crippen LogP contribution < -0.4 is 4.74 Å². The number of rotatable bonds is 5. The lowest BCUT2D eigenvalue weighted by Gasteiger charge is -2.25. The van der Waals surface area contributed by atoms with Gasteiger partial charge in [0, 0.05) is 5.56 Å². The minimum Gasteiger partial charge on any atom is -0.493 e. The van der Waals surface area contributed by atoms with E-state index in [1.807, 2.05) is 25.1 Å². The smallest absolute Gasteiger partial charge is 0.184 e. The number of para-hydroxylation sites is 1. The Morgan fingerprint density at radius 2 is 1.81 bits per heavy atom. The molecular formula is C13H22O2Si. The lowest BCUT2D eigenvalue weighted by molar-refractivity contribution is 0.211. The van der Waals surface area contributed by atoms with Crippen LogP contribution in [0.4, 0.5) is 0 Å². The highest BCUT2D eigenvalue weighted by molar-refractivity contribution is 6.69. The molecule has 0 spiro atoms. The van der Waals surface area contributed by atoms with Crippen LogP contribution in [0.3, 0.4) is 0 Å². The largest absolute Gasteiger partial charge is 0.493 e. The predicted octanol–water partition coefficient (Wildman–Crippen LogP) is 4.00. The molecule has 0 saturated carbocycles. The topological polar surface area (TPSA) is 18.5 Å². The van der Waals surface area contributed by atoms with E-state index in [2.05, 4.69) is 32.6 Å². The average Bonchev–Trinajstić information content (AvgIpc) is 2.16. The van der Waals surface area contributed by atoms with Crippen LogP contribution in [0.1, 0.15) is 25.5 Å². The van der Waals surface area contributed by atoms with Crippen molar-refractivity contribution >= 4 is 8.32 Å². The van der Waals surface area contributed by atoms with Crippen molar-refractivity contribution in [1.82, 2.24) is 0 Å². The van der Waals surface area contributed by atoms with E-state index in [0.717, 1.165) is 11.3 Å². The third kappa shape index (κ3) is 3.98. The van der Waals surface area contributed by atoms with Crippen molar-refractivity contribution in [3.8, 4) is 5.75 Å². The minimum atomic E-state index is -1.50. The molecule has 3 heteroatoms. The summed E-state index contributed by atoms with van der Waals surface area (Å²) in [5.74, 6) is 0.941. The number of hydrogen-bond acceptors (Lipinski definition) is 2. The fraction of sp³-hybridized carbons (Fsp3) is 0.538. The van der Waals surface area contributed by atoms with Gasteiger partial charge < -0.3 is 9.16 Å². The summed E-state index contributed by atoms with van der Waals surface area (Å²) >= 11 is 0. The zero-order valence-electron chi connectivity index (χ0n) is 10.9. The maximum atomic E-state index is 6.07. The summed E-state index contributed by atoms with van der Waals surface area (Å²) in [5, 5.41) is 0. The van der Waals surface area contributed by atoms with Gasteiger partial charge in [-0.1, -0.05) is 18.2 Å². The highest BCUT2D eigenvalue weighted by atomic mass is 28.4. The molecule has 0 aliphatic carbocycles. The second kappa shape index (κ2) is 5.50. The molecule has 1 aromatic carbocycles. The van der Waals surface area contributed by atoms with Gasteiger partial charge in [-0.2, -0.15) is 0 Å². The fourth-order valence-corrected chi connectivity index (χ4v) is 2.88. The Hall–Kier alpha value is -0.803. The molecule has 0 aliphatic rings. The van der Waals surface area contributed by atoms with Crippen LogP contribution in [0.25, 0.3) is 0 Å². The van der Waals surface area contributed by atoms with Gasteiger partial charge in [0.1, 0.15) is 5.75 Å². The van der Waals surface area contributed by atoms with Gasteiger partial charge in [0.05, 0.1) is 12.7 Å². The molecule has 2 nitrogen and oxygen atoms in total. The Labute approximate surface area is 99.7 Å². The quantitative estimate of drug-likeness (QED) is 0.722. The Morgan fingerprint density at radius 1 is 1.19 bits per heavy atom. The summed E-state index contributed by atoms with van der Waals surface area (Å²) in [6.45, 7) is 11.4. The summed E-state index contributed by atoms with van der Waals surface area (Å²) in [4.78, 5) is 0. The molecule has 90 valence electrons. The van der Waals surface area contributed by atoms with E-state index in [-0.39, 0.29) is 6.10 Å². The number of benzene rings is 1. The standard InChI is InChI=1S/C13H22O2Si/c1-6-14-13-10-8-7-9-12(13)11(2)15-16(3,4)5/h7-11H,6H2,1-5H3. The van der Waals surface area contributed by atoms with E-state index >= 15 is 0 Å². The Morgan fingerprint density at radius 3 is 2.38 bits per heavy atom. The molecule has 1 rings (SSSR count). The first-order valence-corrected chi connectivity index (χ1v) is 9.24. The van der Waals surface area contributed by atoms with E-state index in [1.165, 1.54) is 0 Å². The molecule has 0 amide bonds. The average molecular weight is 238 g/mol. The van der Waals surface area contributed by atoms with Crippen LogP contribution in [-0.2, 0) is 4.43 Å². The van der Waals surface area contributed by atoms with Crippen LogP contribution in [0.2, 0.25) is 19.6 Å². The van der Waals surface area contributed by atoms with Crippen molar-refractivity contribution in [1.29, 1.82) is 0 Å².